The lowest BCUT2D eigenvalue weighted by Crippen LogP contribution is -2.19. The molecule has 0 amide bonds. The predicted octanol–water partition coefficient (Wildman–Crippen LogP) is 5.98. The van der Waals surface area contributed by atoms with Crippen LogP contribution in [0.15, 0.2) is 56.8 Å². The molecule has 2 aromatic carbocycles. The first kappa shape index (κ1) is 25.0. The number of esters is 1. The van der Waals surface area contributed by atoms with Gasteiger partial charge in [-0.05, 0) is 29.2 Å². The van der Waals surface area contributed by atoms with Crippen molar-refractivity contribution in [2.75, 3.05) is 14.2 Å². The van der Waals surface area contributed by atoms with E-state index in [1.165, 1.54) is 14.2 Å². The molecule has 0 aliphatic rings. The number of hydrogen-bond donors (Lipinski definition) is 0. The van der Waals surface area contributed by atoms with Crippen LogP contribution in [0.25, 0.3) is 21.4 Å². The van der Waals surface area contributed by atoms with E-state index in [0.29, 0.717) is 32.7 Å². The second-order valence-corrected chi connectivity index (χ2v) is 8.80. The molecule has 0 saturated heterocycles. The summed E-state index contributed by atoms with van der Waals surface area (Å²) < 4.78 is 20.1. The molecule has 8 nitrogen and oxygen atoms in total. The van der Waals surface area contributed by atoms with Crippen molar-refractivity contribution in [1.82, 2.24) is 4.37 Å². The first-order valence-corrected chi connectivity index (χ1v) is 11.7. The van der Waals surface area contributed by atoms with Gasteiger partial charge >= 0.3 is 11.6 Å². The lowest BCUT2D eigenvalue weighted by Gasteiger charge is -2.12. The number of oxime groups is 1. The molecule has 0 saturated carbocycles. The Morgan fingerprint density at radius 3 is 2.57 bits per heavy atom. The van der Waals surface area contributed by atoms with Gasteiger partial charge in [0.2, 0.25) is 0 Å². The molecule has 12 heteroatoms. The Bertz CT molecular complexity index is 1520. The van der Waals surface area contributed by atoms with Gasteiger partial charge in [-0.1, -0.05) is 64.2 Å². The van der Waals surface area contributed by atoms with E-state index < -0.39 is 11.6 Å². The third-order valence-electron chi connectivity index (χ3n) is 4.88. The topological polar surface area (TPSA) is 100 Å². The Balaban J connectivity index is 1.70. The Morgan fingerprint density at radius 2 is 1.89 bits per heavy atom. The minimum atomic E-state index is -0.740. The molecule has 180 valence electrons. The highest BCUT2D eigenvalue weighted by molar-refractivity contribution is 7.11. The Morgan fingerprint density at radius 1 is 1.11 bits per heavy atom. The van der Waals surface area contributed by atoms with Crippen LogP contribution in [0.5, 0.6) is 5.75 Å². The van der Waals surface area contributed by atoms with Gasteiger partial charge in [0.05, 0.1) is 17.0 Å². The van der Waals surface area contributed by atoms with E-state index in [-0.39, 0.29) is 33.1 Å². The van der Waals surface area contributed by atoms with Crippen LogP contribution in [0, 0.1) is 0 Å². The van der Waals surface area contributed by atoms with Crippen molar-refractivity contribution in [2.45, 2.75) is 6.61 Å². The second-order valence-electron chi connectivity index (χ2n) is 6.91. The number of aromatic nitrogens is 1. The molecule has 0 N–H and O–H groups in total. The van der Waals surface area contributed by atoms with E-state index in [1.807, 2.05) is 0 Å². The van der Waals surface area contributed by atoms with E-state index in [0.717, 1.165) is 11.5 Å². The van der Waals surface area contributed by atoms with Crippen LogP contribution < -0.4 is 10.4 Å². The van der Waals surface area contributed by atoms with Crippen LogP contribution >= 0.6 is 46.3 Å². The highest BCUT2D eigenvalue weighted by Crippen LogP contribution is 2.43. The number of hydrogen-bond acceptors (Lipinski definition) is 9. The van der Waals surface area contributed by atoms with Crippen molar-refractivity contribution in [1.29, 1.82) is 0 Å². The predicted molar refractivity (Wildman–Crippen MR) is 135 cm³/mol. The van der Waals surface area contributed by atoms with Crippen LogP contribution in [0.2, 0.25) is 15.2 Å². The number of nitrogens with zero attached hydrogens (tertiary/aromatic N) is 2. The van der Waals surface area contributed by atoms with Gasteiger partial charge in [0, 0.05) is 22.6 Å². The maximum atomic E-state index is 12.4. The number of carbonyl (C=O) groups excluding carboxylic acids is 1. The zero-order valence-corrected chi connectivity index (χ0v) is 21.2. The van der Waals surface area contributed by atoms with E-state index in [9.17, 15) is 9.59 Å². The lowest BCUT2D eigenvalue weighted by molar-refractivity contribution is -0.132. The van der Waals surface area contributed by atoms with Gasteiger partial charge in [0.25, 0.3) is 0 Å². The Labute approximate surface area is 217 Å². The molecule has 4 aromatic rings. The normalized spacial score (nSPS) is 11.5. The number of fused-ring (bicyclic) bond motifs is 1. The summed E-state index contributed by atoms with van der Waals surface area (Å²) in [6.07, 6.45) is 0. The van der Waals surface area contributed by atoms with Gasteiger partial charge in [-0.3, -0.25) is 0 Å². The number of ether oxygens (including phenoxy) is 2. The van der Waals surface area contributed by atoms with Crippen LogP contribution in [-0.4, -0.2) is 30.3 Å². The van der Waals surface area contributed by atoms with Crippen molar-refractivity contribution in [3.05, 3.63) is 79.2 Å². The molecule has 2 aromatic heterocycles. The maximum absolute atomic E-state index is 12.4. The number of carbonyl (C=O) groups is 1. The monoisotopic (exact) mass is 552 g/mol. The molecular weight excluding hydrogens is 539 g/mol. The molecule has 0 unspecified atom stereocenters. The molecule has 35 heavy (non-hydrogen) atoms. The molecule has 0 bridgehead atoms. The molecule has 4 rings (SSSR count). The van der Waals surface area contributed by atoms with Crippen LogP contribution in [0.1, 0.15) is 11.1 Å². The van der Waals surface area contributed by atoms with E-state index in [1.54, 1.807) is 42.5 Å². The van der Waals surface area contributed by atoms with E-state index in [4.69, 9.17) is 53.5 Å². The van der Waals surface area contributed by atoms with Crippen molar-refractivity contribution in [3.8, 4) is 16.2 Å². The summed E-state index contributed by atoms with van der Waals surface area (Å²) in [5, 5.41) is 4.50. The molecule has 0 aliphatic heterocycles. The van der Waals surface area contributed by atoms with Gasteiger partial charge in [0.15, 0.2) is 10.9 Å². The molecule has 2 heterocycles. The molecule has 0 atom stereocenters. The Kier molecular flexibility index (Phi) is 7.61. The molecule has 0 spiro atoms. The van der Waals surface area contributed by atoms with Gasteiger partial charge < -0.3 is 18.7 Å². The largest absolute Gasteiger partial charge is 0.489 e. The summed E-state index contributed by atoms with van der Waals surface area (Å²) >= 11 is 19.5. The first-order valence-electron chi connectivity index (χ1n) is 9.83. The van der Waals surface area contributed by atoms with Crippen molar-refractivity contribution in [2.24, 2.45) is 5.16 Å². The number of rotatable bonds is 7. The number of halogens is 3. The molecule has 0 fully saturated rings. The zero-order chi connectivity index (χ0) is 25.1. The van der Waals surface area contributed by atoms with Gasteiger partial charge in [-0.2, -0.15) is 4.37 Å². The zero-order valence-electron chi connectivity index (χ0n) is 18.1. The standard InChI is InChI=1S/C23H15Cl3N2O6S/c1-31-23(30)19(27-32-2)13-6-4-3-5-11(13)10-33-12-7-8-14-15(9-12)34-22(29)17(24)16(14)20-18(25)21(26)28-35-20/h3-9H,10H2,1-2H3/b27-19+. The minimum Gasteiger partial charge on any atom is -0.489 e. The third kappa shape index (κ3) is 4.99. The minimum absolute atomic E-state index is 0.00177. The highest BCUT2D eigenvalue weighted by atomic mass is 35.5. The summed E-state index contributed by atoms with van der Waals surface area (Å²) in [4.78, 5) is 29.8. The Hall–Kier alpha value is -3.11. The fourth-order valence-electron chi connectivity index (χ4n) is 3.31. The quantitative estimate of drug-likeness (QED) is 0.120. The number of methoxy groups -OCH3 is 1. The number of benzene rings is 2. The van der Waals surface area contributed by atoms with Gasteiger partial charge in [-0.15, -0.1) is 0 Å². The molecule has 0 radical (unpaired) electrons. The summed E-state index contributed by atoms with van der Waals surface area (Å²) in [5.41, 5.74) is 1.01. The summed E-state index contributed by atoms with van der Waals surface area (Å²) in [5.74, 6) is -0.251. The van der Waals surface area contributed by atoms with Crippen molar-refractivity contribution < 1.29 is 23.5 Å². The fourth-order valence-corrected chi connectivity index (χ4v) is 4.89. The highest BCUT2D eigenvalue weighted by Gasteiger charge is 2.22. The van der Waals surface area contributed by atoms with E-state index in [2.05, 4.69) is 9.53 Å². The summed E-state index contributed by atoms with van der Waals surface area (Å²) in [6.45, 7) is 0.0718. The molecule has 0 aliphatic carbocycles. The lowest BCUT2D eigenvalue weighted by atomic mass is 10.0. The van der Waals surface area contributed by atoms with E-state index >= 15 is 0 Å². The SMILES string of the molecule is CO/N=C(/C(=O)OC)c1ccccc1COc1ccc2c(-c3snc(Cl)c3Cl)c(Cl)c(=O)oc2c1. The fraction of sp³-hybridized carbons (Fsp3) is 0.130. The van der Waals surface area contributed by atoms with Crippen molar-refractivity contribution in [3.63, 3.8) is 0 Å². The maximum Gasteiger partial charge on any atom is 0.360 e. The molecular formula is C23H15Cl3N2O6S. The second kappa shape index (κ2) is 10.7. The smallest absolute Gasteiger partial charge is 0.360 e. The first-order chi connectivity index (χ1) is 16.8. The third-order valence-corrected chi connectivity index (χ3v) is 7.03. The van der Waals surface area contributed by atoms with Crippen LogP contribution in [-0.2, 0) is 21.0 Å². The van der Waals surface area contributed by atoms with Gasteiger partial charge in [0.1, 0.15) is 30.1 Å². The van der Waals surface area contributed by atoms with Crippen molar-refractivity contribution >= 4 is 69.0 Å². The average Bonchev–Trinajstić information content (AvgIpc) is 3.19. The summed E-state index contributed by atoms with van der Waals surface area (Å²) in [6, 6.07) is 12.0. The van der Waals surface area contributed by atoms with Gasteiger partial charge in [-0.25, -0.2) is 9.59 Å². The van der Waals surface area contributed by atoms with Crippen LogP contribution in [0.4, 0.5) is 0 Å². The van der Waals surface area contributed by atoms with Crippen LogP contribution in [0.3, 0.4) is 0 Å². The average molecular weight is 554 g/mol. The summed E-state index contributed by atoms with van der Waals surface area (Å²) in [7, 11) is 2.59.